The van der Waals surface area contributed by atoms with Gasteiger partial charge in [0.15, 0.2) is 0 Å². The van der Waals surface area contributed by atoms with Gasteiger partial charge in [0.25, 0.3) is 0 Å². The molecule has 61 heavy (non-hydrogen) atoms. The van der Waals surface area contributed by atoms with Gasteiger partial charge in [-0.05, 0) is 52.1 Å². The molecule has 6 amide bonds. The van der Waals surface area contributed by atoms with E-state index in [4.69, 9.17) is 0 Å². The molecule has 5 aromatic carbocycles. The molecular weight excluding hydrogens is 769 g/mol. The van der Waals surface area contributed by atoms with Crippen LogP contribution in [0.4, 0.5) is 15.3 Å². The zero-order chi connectivity index (χ0) is 42.5. The second-order valence-corrected chi connectivity index (χ2v) is 15.3. The lowest BCUT2D eigenvalue weighted by atomic mass is 9.97. The van der Waals surface area contributed by atoms with Crippen LogP contribution < -0.4 is 16.0 Å². The number of aromatic hydroxyl groups is 1. The van der Waals surface area contributed by atoms with Gasteiger partial charge in [-0.15, -0.1) is 6.58 Å². The molecular formula is C48H48N8O5. The number of phenolic OH excluding ortho intramolecular Hbond substituents is 1. The number of nitrogens with zero attached hydrogens (tertiary/aromatic N) is 5. The normalized spacial score (nSPS) is 16.6. The number of carbonyl (C=O) groups excluding carboxylic acids is 4. The van der Waals surface area contributed by atoms with Gasteiger partial charge in [-0.1, -0.05) is 109 Å². The SMILES string of the molecule is C=CCN1CC(=O)N2[C@@H](Cc3ccc(O)cc3)C(=O)N(Cc3cccc4c(-c5ccc(NC(=O)NCc6ccccc6)cc5)cn(C)c34)C[C@@H]2N1C(=O)NCc1ccccc1. The molecule has 13 nitrogen and oxygen atoms in total. The number of benzene rings is 5. The topological polar surface area (TPSA) is 142 Å². The van der Waals surface area contributed by atoms with Gasteiger partial charge in [0, 0.05) is 62.5 Å². The lowest BCUT2D eigenvalue weighted by molar-refractivity contribution is -0.189. The Kier molecular flexibility index (Phi) is 11.8. The fraction of sp³-hybridized carbons (Fsp3) is 0.208. The molecule has 2 atom stereocenters. The van der Waals surface area contributed by atoms with Crippen molar-refractivity contribution in [2.24, 2.45) is 7.05 Å². The molecule has 2 fully saturated rings. The van der Waals surface area contributed by atoms with Gasteiger partial charge >= 0.3 is 12.1 Å². The van der Waals surface area contributed by atoms with E-state index >= 15 is 0 Å². The van der Waals surface area contributed by atoms with E-state index in [1.165, 1.54) is 0 Å². The number of urea groups is 2. The number of hydrazine groups is 1. The number of amides is 6. The molecule has 310 valence electrons. The molecule has 0 aliphatic carbocycles. The van der Waals surface area contributed by atoms with Gasteiger partial charge in [-0.3, -0.25) is 9.59 Å². The van der Waals surface area contributed by atoms with Gasteiger partial charge in [-0.2, -0.15) is 0 Å². The van der Waals surface area contributed by atoms with Crippen LogP contribution in [0.5, 0.6) is 5.75 Å². The van der Waals surface area contributed by atoms with Crippen molar-refractivity contribution in [1.29, 1.82) is 0 Å². The van der Waals surface area contributed by atoms with Crippen LogP contribution in [-0.4, -0.2) is 85.2 Å². The molecule has 0 saturated carbocycles. The van der Waals surface area contributed by atoms with Gasteiger partial charge in [-0.25, -0.2) is 19.6 Å². The van der Waals surface area contributed by atoms with Crippen LogP contribution in [0.25, 0.3) is 22.0 Å². The predicted octanol–water partition coefficient (Wildman–Crippen LogP) is 6.61. The fourth-order valence-corrected chi connectivity index (χ4v) is 8.36. The summed E-state index contributed by atoms with van der Waals surface area (Å²) >= 11 is 0. The van der Waals surface area contributed by atoms with Gasteiger partial charge in [0.2, 0.25) is 11.8 Å². The molecule has 1 aromatic heterocycles. The summed E-state index contributed by atoms with van der Waals surface area (Å²) in [7, 11) is 1.97. The van der Waals surface area contributed by atoms with Crippen LogP contribution in [0.1, 0.15) is 22.3 Å². The van der Waals surface area contributed by atoms with Crippen molar-refractivity contribution >= 4 is 40.5 Å². The molecule has 0 bridgehead atoms. The van der Waals surface area contributed by atoms with Crippen molar-refractivity contribution in [3.05, 3.63) is 168 Å². The Balaban J connectivity index is 1.07. The molecule has 0 radical (unpaired) electrons. The highest BCUT2D eigenvalue weighted by Crippen LogP contribution is 2.35. The van der Waals surface area contributed by atoms with E-state index in [9.17, 15) is 24.3 Å². The first-order valence-electron chi connectivity index (χ1n) is 20.3. The third-order valence-corrected chi connectivity index (χ3v) is 11.2. The Morgan fingerprint density at radius 2 is 1.48 bits per heavy atom. The standard InChI is InChI=1S/C48H48N8O5/c1-3-25-54-32-44(58)55-42(26-33-17-23-39(57)24-18-33)46(59)53(31-43(55)56(54)48(61)50-28-35-13-8-5-9-14-35)29-37-15-10-16-40-41(30-52(2)45(37)40)36-19-21-38(22-20-36)51-47(60)49-27-34-11-6-4-7-12-34/h3-24,30,42-43,57H,1,25-29,31-32H2,2H3,(H,50,61)(H2,49,51,60)/t42-,43-/m0/s1. The van der Waals surface area contributed by atoms with Crippen molar-refractivity contribution in [2.75, 3.05) is 25.0 Å². The second kappa shape index (κ2) is 17.9. The molecule has 13 heteroatoms. The number of hydrogen-bond acceptors (Lipinski definition) is 6. The largest absolute Gasteiger partial charge is 0.508 e. The minimum absolute atomic E-state index is 0.0735. The number of phenols is 1. The van der Waals surface area contributed by atoms with Gasteiger partial charge < -0.3 is 35.4 Å². The molecule has 0 spiro atoms. The van der Waals surface area contributed by atoms with Crippen molar-refractivity contribution in [2.45, 2.75) is 38.3 Å². The Morgan fingerprint density at radius 3 is 2.15 bits per heavy atom. The zero-order valence-corrected chi connectivity index (χ0v) is 33.9. The Labute approximate surface area is 354 Å². The molecule has 4 N–H and O–H groups in total. The van der Waals surface area contributed by atoms with E-state index in [2.05, 4.69) is 39.4 Å². The molecule has 3 heterocycles. The first kappa shape index (κ1) is 40.4. The summed E-state index contributed by atoms with van der Waals surface area (Å²) in [5.74, 6) is -0.404. The van der Waals surface area contributed by atoms with Crippen molar-refractivity contribution in [1.82, 2.24) is 35.0 Å². The summed E-state index contributed by atoms with van der Waals surface area (Å²) in [6, 6.07) is 38.0. The van der Waals surface area contributed by atoms with E-state index < -0.39 is 18.2 Å². The van der Waals surface area contributed by atoms with Crippen molar-refractivity contribution in [3.8, 4) is 16.9 Å². The summed E-state index contributed by atoms with van der Waals surface area (Å²) < 4.78 is 2.05. The summed E-state index contributed by atoms with van der Waals surface area (Å²) in [4.78, 5) is 59.0. The van der Waals surface area contributed by atoms with E-state index in [0.717, 1.165) is 44.3 Å². The van der Waals surface area contributed by atoms with Gasteiger partial charge in [0.1, 0.15) is 18.0 Å². The molecule has 2 aliphatic rings. The summed E-state index contributed by atoms with van der Waals surface area (Å²) in [6.45, 7) is 5.02. The fourth-order valence-electron chi connectivity index (χ4n) is 8.36. The number of carbonyl (C=O) groups is 4. The number of fused-ring (bicyclic) bond motifs is 2. The number of aryl methyl sites for hydroxylation is 1. The number of rotatable bonds is 12. The van der Waals surface area contributed by atoms with Gasteiger partial charge in [0.05, 0.1) is 18.6 Å². The highest BCUT2D eigenvalue weighted by atomic mass is 16.3. The lowest BCUT2D eigenvalue weighted by Crippen LogP contribution is -2.76. The third-order valence-electron chi connectivity index (χ3n) is 11.2. The average Bonchev–Trinajstić information content (AvgIpc) is 3.62. The maximum atomic E-state index is 14.8. The second-order valence-electron chi connectivity index (χ2n) is 15.3. The molecule has 0 unspecified atom stereocenters. The zero-order valence-electron chi connectivity index (χ0n) is 33.9. The quantitative estimate of drug-likeness (QED) is 0.103. The Bertz CT molecular complexity index is 2540. The Morgan fingerprint density at radius 1 is 0.803 bits per heavy atom. The first-order valence-corrected chi connectivity index (χ1v) is 20.3. The number of nitrogens with one attached hydrogen (secondary N) is 3. The maximum Gasteiger partial charge on any atom is 0.334 e. The predicted molar refractivity (Wildman–Crippen MR) is 235 cm³/mol. The van der Waals surface area contributed by atoms with Crippen LogP contribution in [0.3, 0.4) is 0 Å². The smallest absolute Gasteiger partial charge is 0.334 e. The molecule has 6 aromatic rings. The lowest BCUT2D eigenvalue weighted by Gasteiger charge is -2.55. The minimum atomic E-state index is -0.915. The van der Waals surface area contributed by atoms with Crippen LogP contribution in [0, 0.1) is 0 Å². The number of piperazine rings is 1. The van der Waals surface area contributed by atoms with Crippen LogP contribution in [0.2, 0.25) is 0 Å². The number of aromatic nitrogens is 1. The summed E-state index contributed by atoms with van der Waals surface area (Å²) in [5, 5.41) is 23.1. The van der Waals surface area contributed by atoms with Crippen molar-refractivity contribution < 1.29 is 24.3 Å². The van der Waals surface area contributed by atoms with E-state index in [1.54, 1.807) is 50.2 Å². The highest BCUT2D eigenvalue weighted by Gasteiger charge is 2.51. The van der Waals surface area contributed by atoms with Crippen LogP contribution in [-0.2, 0) is 42.7 Å². The molecule has 2 aliphatic heterocycles. The third kappa shape index (κ3) is 8.82. The number of para-hydroxylation sites is 1. The Hall–Kier alpha value is -7.38. The highest BCUT2D eigenvalue weighted by molar-refractivity contribution is 5.99. The van der Waals surface area contributed by atoms with E-state index in [0.29, 0.717) is 12.2 Å². The maximum absolute atomic E-state index is 14.8. The monoisotopic (exact) mass is 816 g/mol. The average molecular weight is 817 g/mol. The summed E-state index contributed by atoms with van der Waals surface area (Å²) in [6.07, 6.45) is 3.09. The van der Waals surface area contributed by atoms with Crippen LogP contribution in [0.15, 0.2) is 146 Å². The molecule has 2 saturated heterocycles. The molecule has 8 rings (SSSR count). The summed E-state index contributed by atoms with van der Waals surface area (Å²) in [5.41, 5.74) is 7.13. The van der Waals surface area contributed by atoms with Crippen molar-refractivity contribution in [3.63, 3.8) is 0 Å². The number of anilines is 1. The van der Waals surface area contributed by atoms with E-state index in [1.807, 2.05) is 104 Å². The van der Waals surface area contributed by atoms with Crippen LogP contribution >= 0.6 is 0 Å². The van der Waals surface area contributed by atoms with E-state index in [-0.39, 0.29) is 62.7 Å². The first-order chi connectivity index (χ1) is 29.7. The minimum Gasteiger partial charge on any atom is -0.508 e. The number of hydrogen-bond donors (Lipinski definition) is 4.